The van der Waals surface area contributed by atoms with Crippen LogP contribution in [-0.2, 0) is 19.6 Å². The van der Waals surface area contributed by atoms with E-state index in [-0.39, 0.29) is 11.8 Å². The van der Waals surface area contributed by atoms with Crippen molar-refractivity contribution >= 4 is 17.8 Å². The molecule has 0 aliphatic carbocycles. The number of nitrogens with zero attached hydrogens (tertiary/aromatic N) is 5. The normalized spacial score (nSPS) is 13.7. The van der Waals surface area contributed by atoms with Crippen LogP contribution >= 0.6 is 0 Å². The van der Waals surface area contributed by atoms with Crippen molar-refractivity contribution in [2.45, 2.75) is 38.9 Å². The van der Waals surface area contributed by atoms with E-state index in [0.29, 0.717) is 25.0 Å². The van der Waals surface area contributed by atoms with Crippen molar-refractivity contribution in [2.24, 2.45) is 0 Å². The lowest BCUT2D eigenvalue weighted by molar-refractivity contribution is 0.221. The van der Waals surface area contributed by atoms with Gasteiger partial charge in [-0.25, -0.2) is 9.47 Å². The summed E-state index contributed by atoms with van der Waals surface area (Å²) >= 11 is 0. The van der Waals surface area contributed by atoms with E-state index >= 15 is 0 Å². The van der Waals surface area contributed by atoms with Crippen LogP contribution in [0.5, 0.6) is 11.6 Å². The Morgan fingerprint density at radius 2 is 1.41 bits per heavy atom. The second kappa shape index (κ2) is 12.3. The zero-order chi connectivity index (χ0) is 27.0. The first kappa shape index (κ1) is 26.0. The summed E-state index contributed by atoms with van der Waals surface area (Å²) in [5, 5.41) is 16.0. The minimum absolute atomic E-state index is 0.128. The Morgan fingerprint density at radius 3 is 1.97 bits per heavy atom. The maximum atomic E-state index is 12.0. The number of aromatic amines is 1. The fourth-order valence-corrected chi connectivity index (χ4v) is 4.40. The van der Waals surface area contributed by atoms with Gasteiger partial charge in [-0.1, -0.05) is 42.8 Å². The molecule has 12 nitrogen and oxygen atoms in total. The predicted molar refractivity (Wildman–Crippen MR) is 149 cm³/mol. The quantitative estimate of drug-likeness (QED) is 0.196. The molecule has 0 amide bonds. The highest BCUT2D eigenvalue weighted by Gasteiger charge is 2.12. The Bertz CT molecular complexity index is 1410. The third-order valence-electron chi connectivity index (χ3n) is 6.50. The fraction of sp³-hybridized carbons (Fsp3) is 0.333. The summed E-state index contributed by atoms with van der Waals surface area (Å²) in [6.45, 7) is 4.30. The summed E-state index contributed by atoms with van der Waals surface area (Å²) in [5.74, 6) is 1.27. The van der Waals surface area contributed by atoms with Crippen LogP contribution in [0.4, 0.5) is 17.8 Å². The van der Waals surface area contributed by atoms with Gasteiger partial charge < -0.3 is 20.5 Å². The molecule has 0 spiro atoms. The van der Waals surface area contributed by atoms with Gasteiger partial charge >= 0.3 is 5.69 Å². The molecule has 5 N–H and O–H groups in total. The van der Waals surface area contributed by atoms with E-state index in [2.05, 4.69) is 65.2 Å². The van der Waals surface area contributed by atoms with Gasteiger partial charge in [-0.3, -0.25) is 15.3 Å². The van der Waals surface area contributed by atoms with Crippen LogP contribution in [0.2, 0.25) is 0 Å². The van der Waals surface area contributed by atoms with Crippen LogP contribution in [0.1, 0.15) is 36.0 Å². The van der Waals surface area contributed by atoms with Crippen molar-refractivity contribution in [3.05, 3.63) is 81.9 Å². The highest BCUT2D eigenvalue weighted by Crippen LogP contribution is 2.16. The number of H-pyrrole nitrogens is 1. The molecule has 0 bridgehead atoms. The number of hydrogen-bond acceptors (Lipinski definition) is 10. The minimum atomic E-state index is -0.556. The zero-order valence-corrected chi connectivity index (χ0v) is 21.9. The number of aromatic hydroxyl groups is 1. The molecule has 2 aromatic carbocycles. The highest BCUT2D eigenvalue weighted by molar-refractivity contribution is 5.43. The molecule has 0 unspecified atom stereocenters. The number of imidazole rings is 1. The van der Waals surface area contributed by atoms with Crippen molar-refractivity contribution in [3.8, 4) is 11.6 Å². The molecule has 5 rings (SSSR count). The maximum Gasteiger partial charge on any atom is 0.347 e. The molecule has 1 aliphatic rings. The second-order valence-electron chi connectivity index (χ2n) is 9.44. The van der Waals surface area contributed by atoms with E-state index in [0.717, 1.165) is 28.1 Å². The maximum absolute atomic E-state index is 12.0. The summed E-state index contributed by atoms with van der Waals surface area (Å²) in [5.41, 5.74) is 5.63. The smallest absolute Gasteiger partial charge is 0.347 e. The van der Waals surface area contributed by atoms with Gasteiger partial charge in [0.1, 0.15) is 5.75 Å². The minimum Gasteiger partial charge on any atom is -0.497 e. The molecule has 3 heterocycles. The fourth-order valence-electron chi connectivity index (χ4n) is 4.40. The molecule has 1 aliphatic heterocycles. The molecule has 1 fully saturated rings. The van der Waals surface area contributed by atoms with E-state index in [4.69, 9.17) is 4.74 Å². The van der Waals surface area contributed by atoms with Gasteiger partial charge in [0.15, 0.2) is 0 Å². The average molecular weight is 532 g/mol. The lowest BCUT2D eigenvalue weighted by atomic mass is 10.1. The number of methoxy groups -OCH3 is 1. The lowest BCUT2D eigenvalue weighted by Gasteiger charge is -2.26. The molecule has 12 heteroatoms. The molecule has 2 aromatic heterocycles. The van der Waals surface area contributed by atoms with Crippen molar-refractivity contribution in [3.63, 3.8) is 0 Å². The average Bonchev–Trinajstić information content (AvgIpc) is 3.28. The van der Waals surface area contributed by atoms with Crippen LogP contribution in [0.15, 0.2) is 59.5 Å². The lowest BCUT2D eigenvalue weighted by Crippen LogP contribution is -2.29. The van der Waals surface area contributed by atoms with E-state index in [1.165, 1.54) is 44.1 Å². The molecule has 204 valence electrons. The van der Waals surface area contributed by atoms with Crippen LogP contribution in [0, 0.1) is 0 Å². The molecular weight excluding hydrogens is 498 g/mol. The van der Waals surface area contributed by atoms with E-state index in [9.17, 15) is 9.90 Å². The molecule has 0 radical (unpaired) electrons. The third kappa shape index (κ3) is 7.26. The molecule has 0 atom stereocenters. The Hall–Kier alpha value is -4.58. The molecule has 4 aromatic rings. The van der Waals surface area contributed by atoms with Gasteiger partial charge in [-0.05, 0) is 54.8 Å². The number of ether oxygens (including phenoxy) is 1. The Balaban J connectivity index is 1.27. The molecule has 0 saturated carbocycles. The van der Waals surface area contributed by atoms with E-state index in [1.807, 2.05) is 24.3 Å². The van der Waals surface area contributed by atoms with Crippen molar-refractivity contribution < 1.29 is 9.84 Å². The Labute approximate surface area is 226 Å². The predicted octanol–water partition coefficient (Wildman–Crippen LogP) is 3.16. The largest absolute Gasteiger partial charge is 0.497 e. The monoisotopic (exact) mass is 531 g/mol. The van der Waals surface area contributed by atoms with Gasteiger partial charge in [0.25, 0.3) is 0 Å². The van der Waals surface area contributed by atoms with Crippen molar-refractivity contribution in [1.82, 2.24) is 29.5 Å². The van der Waals surface area contributed by atoms with E-state index < -0.39 is 5.69 Å². The van der Waals surface area contributed by atoms with Gasteiger partial charge in [0.05, 0.1) is 13.3 Å². The number of likely N-dealkylation sites (tertiary alicyclic amines) is 1. The number of benzene rings is 2. The van der Waals surface area contributed by atoms with E-state index in [1.54, 1.807) is 7.11 Å². The summed E-state index contributed by atoms with van der Waals surface area (Å²) in [7, 11) is 1.63. The number of anilines is 3. The third-order valence-corrected chi connectivity index (χ3v) is 6.50. The molecule has 1 saturated heterocycles. The summed E-state index contributed by atoms with van der Waals surface area (Å²) in [4.78, 5) is 30.1. The van der Waals surface area contributed by atoms with Gasteiger partial charge in [0.2, 0.25) is 23.7 Å². The first-order chi connectivity index (χ1) is 19.0. The van der Waals surface area contributed by atoms with Gasteiger partial charge in [-0.2, -0.15) is 15.0 Å². The van der Waals surface area contributed by atoms with Crippen LogP contribution < -0.4 is 26.5 Å². The van der Waals surface area contributed by atoms with Crippen LogP contribution in [-0.4, -0.2) is 54.8 Å². The highest BCUT2D eigenvalue weighted by atomic mass is 16.5. The first-order valence-corrected chi connectivity index (χ1v) is 13.0. The first-order valence-electron chi connectivity index (χ1n) is 13.0. The zero-order valence-electron chi connectivity index (χ0n) is 21.9. The van der Waals surface area contributed by atoms with Crippen LogP contribution in [0.3, 0.4) is 0 Å². The van der Waals surface area contributed by atoms with Crippen molar-refractivity contribution in [1.29, 1.82) is 0 Å². The van der Waals surface area contributed by atoms with Crippen molar-refractivity contribution in [2.75, 3.05) is 36.3 Å². The number of hydrogen-bond donors (Lipinski definition) is 5. The summed E-state index contributed by atoms with van der Waals surface area (Å²) in [6, 6.07) is 16.2. The topological polar surface area (TPSA) is 145 Å². The second-order valence-corrected chi connectivity index (χ2v) is 9.44. The van der Waals surface area contributed by atoms with Gasteiger partial charge in [-0.15, -0.1) is 0 Å². The number of aromatic nitrogens is 5. The Kier molecular flexibility index (Phi) is 8.22. The number of rotatable bonds is 11. The number of nitrogens with one attached hydrogen (secondary N) is 4. The summed E-state index contributed by atoms with van der Waals surface area (Å²) < 4.78 is 6.27. The van der Waals surface area contributed by atoms with Gasteiger partial charge in [0, 0.05) is 19.6 Å². The molecule has 39 heavy (non-hydrogen) atoms. The van der Waals surface area contributed by atoms with Crippen LogP contribution in [0.25, 0.3) is 0 Å². The number of piperidine rings is 1. The Morgan fingerprint density at radius 1 is 0.846 bits per heavy atom. The SMILES string of the molecule is COc1ccc(CNc2nc(NCc3ccc(CN4CCCCC4)cc3)nc(Nn3cc(O)[nH]c3=O)n2)cc1. The summed E-state index contributed by atoms with van der Waals surface area (Å²) in [6.07, 6.45) is 5.09. The molecular formula is C27H33N9O3. The standard InChI is InChI=1S/C27H33N9O3/c1-39-22-11-9-20(10-12-22)16-29-25-31-24(32-26(33-25)34-36-18-23(37)30-27(36)38)28-15-19-5-7-21(8-6-19)17-35-13-3-2-4-14-35/h5-12,18,37H,2-4,13-17H2,1H3,(H,30,38)(H3,28,29,31,32,33,34).